The van der Waals surface area contributed by atoms with Gasteiger partial charge in [0.05, 0.1) is 11.5 Å². The van der Waals surface area contributed by atoms with E-state index in [1.54, 1.807) is 12.1 Å². The summed E-state index contributed by atoms with van der Waals surface area (Å²) in [4.78, 5) is 12.5. The van der Waals surface area contributed by atoms with Crippen LogP contribution in [0.1, 0.15) is 30.1 Å². The molecule has 1 aliphatic heterocycles. The minimum absolute atomic E-state index is 0.0475. The maximum atomic E-state index is 12.4. The maximum Gasteiger partial charge on any atom is 0.251 e. The van der Waals surface area contributed by atoms with Gasteiger partial charge in [0, 0.05) is 31.3 Å². The van der Waals surface area contributed by atoms with E-state index in [0.717, 1.165) is 19.4 Å². The van der Waals surface area contributed by atoms with Crippen molar-refractivity contribution in [1.29, 1.82) is 0 Å². The van der Waals surface area contributed by atoms with Gasteiger partial charge in [0.25, 0.3) is 5.91 Å². The molecule has 24 heavy (non-hydrogen) atoms. The Morgan fingerprint density at radius 3 is 2.92 bits per heavy atom. The zero-order valence-electron chi connectivity index (χ0n) is 14.0. The minimum Gasteiger partial charge on any atom is -0.383 e. The van der Waals surface area contributed by atoms with Crippen LogP contribution in [0.3, 0.4) is 0 Å². The van der Waals surface area contributed by atoms with Gasteiger partial charge in [-0.15, -0.1) is 0 Å². The number of nitrogens with one attached hydrogen (secondary N) is 3. The lowest BCUT2D eigenvalue weighted by Crippen LogP contribution is -2.51. The zero-order valence-corrected chi connectivity index (χ0v) is 14.9. The first-order valence-electron chi connectivity index (χ1n) is 8.07. The number of carbonyl (C=O) groups excluding carboxylic acids is 1. The summed E-state index contributed by atoms with van der Waals surface area (Å²) in [5, 5.41) is 6.30. The van der Waals surface area contributed by atoms with Crippen molar-refractivity contribution in [2.75, 3.05) is 26.8 Å². The normalized spacial score (nSPS) is 21.4. The average molecular weight is 355 g/mol. The second-order valence-electron chi connectivity index (χ2n) is 5.88. The second-order valence-corrected chi connectivity index (χ2v) is 7.65. The minimum atomic E-state index is -3.65. The monoisotopic (exact) mass is 355 g/mol. The Morgan fingerprint density at radius 2 is 2.21 bits per heavy atom. The van der Waals surface area contributed by atoms with Gasteiger partial charge < -0.3 is 15.4 Å². The first-order chi connectivity index (χ1) is 11.4. The van der Waals surface area contributed by atoms with Crippen LogP contribution in [0.2, 0.25) is 0 Å². The SMILES string of the molecule is COCCNS(=O)(=O)c1cccc(C(=O)NC2CCCNC2C)c1. The third-order valence-electron chi connectivity index (χ3n) is 4.08. The van der Waals surface area contributed by atoms with Crippen LogP contribution in [-0.4, -0.2) is 53.2 Å². The van der Waals surface area contributed by atoms with Crippen LogP contribution in [0.5, 0.6) is 0 Å². The standard InChI is InChI=1S/C16H25N3O4S/c1-12-15(7-4-8-17-12)19-16(20)13-5-3-6-14(11-13)24(21,22)18-9-10-23-2/h3,5-6,11-12,15,17-18H,4,7-10H2,1-2H3,(H,19,20). The molecule has 1 aliphatic rings. The van der Waals surface area contributed by atoms with Crippen LogP contribution >= 0.6 is 0 Å². The maximum absolute atomic E-state index is 12.4. The number of methoxy groups -OCH3 is 1. The summed E-state index contributed by atoms with van der Waals surface area (Å²) >= 11 is 0. The van der Waals surface area contributed by atoms with Crippen LogP contribution in [0.4, 0.5) is 0 Å². The average Bonchev–Trinajstić information content (AvgIpc) is 2.57. The van der Waals surface area contributed by atoms with Crippen molar-refractivity contribution in [3.05, 3.63) is 29.8 Å². The fourth-order valence-electron chi connectivity index (χ4n) is 2.66. The summed E-state index contributed by atoms with van der Waals surface area (Å²) in [5.74, 6) is -0.260. The molecule has 1 aromatic rings. The molecule has 1 aromatic carbocycles. The Labute approximate surface area is 143 Å². The van der Waals surface area contributed by atoms with Gasteiger partial charge in [0.15, 0.2) is 0 Å². The second kappa shape index (κ2) is 8.57. The van der Waals surface area contributed by atoms with Gasteiger partial charge in [-0.25, -0.2) is 13.1 Å². The summed E-state index contributed by atoms with van der Waals surface area (Å²) in [6.45, 7) is 3.45. The molecule has 0 spiro atoms. The topological polar surface area (TPSA) is 96.5 Å². The summed E-state index contributed by atoms with van der Waals surface area (Å²) < 4.78 is 31.7. The van der Waals surface area contributed by atoms with E-state index < -0.39 is 10.0 Å². The van der Waals surface area contributed by atoms with Crippen molar-refractivity contribution < 1.29 is 17.9 Å². The summed E-state index contributed by atoms with van der Waals surface area (Å²) in [6, 6.07) is 6.30. The molecule has 3 N–H and O–H groups in total. The molecule has 0 aliphatic carbocycles. The van der Waals surface area contributed by atoms with Crippen molar-refractivity contribution in [3.63, 3.8) is 0 Å². The molecule has 134 valence electrons. The van der Waals surface area contributed by atoms with Gasteiger partial charge in [-0.2, -0.15) is 0 Å². The molecular formula is C16H25N3O4S. The number of hydrogen-bond donors (Lipinski definition) is 3. The van der Waals surface area contributed by atoms with E-state index in [0.29, 0.717) is 5.56 Å². The first-order valence-corrected chi connectivity index (χ1v) is 9.55. The molecule has 0 saturated carbocycles. The van der Waals surface area contributed by atoms with Crippen LogP contribution < -0.4 is 15.4 Å². The van der Waals surface area contributed by atoms with Crippen molar-refractivity contribution in [1.82, 2.24) is 15.4 Å². The lowest BCUT2D eigenvalue weighted by molar-refractivity contribution is 0.0919. The van der Waals surface area contributed by atoms with E-state index in [-0.39, 0.29) is 36.0 Å². The van der Waals surface area contributed by atoms with E-state index in [4.69, 9.17) is 4.74 Å². The lowest BCUT2D eigenvalue weighted by atomic mass is 9.99. The molecule has 8 heteroatoms. The largest absolute Gasteiger partial charge is 0.383 e. The highest BCUT2D eigenvalue weighted by atomic mass is 32.2. The molecule has 7 nitrogen and oxygen atoms in total. The van der Waals surface area contributed by atoms with Gasteiger partial charge in [-0.05, 0) is 44.5 Å². The molecule has 0 bridgehead atoms. The highest BCUT2D eigenvalue weighted by Crippen LogP contribution is 2.13. The molecule has 1 fully saturated rings. The predicted octanol–water partition coefficient (Wildman–Crippen LogP) is 0.482. The molecule has 0 radical (unpaired) electrons. The fourth-order valence-corrected chi connectivity index (χ4v) is 3.72. The van der Waals surface area contributed by atoms with Crippen molar-refractivity contribution in [2.45, 2.75) is 36.7 Å². The Morgan fingerprint density at radius 1 is 1.42 bits per heavy atom. The predicted molar refractivity (Wildman–Crippen MR) is 91.5 cm³/mol. The van der Waals surface area contributed by atoms with Crippen LogP contribution in [0.25, 0.3) is 0 Å². The number of hydrogen-bond acceptors (Lipinski definition) is 5. The molecule has 0 aromatic heterocycles. The molecule has 1 heterocycles. The Kier molecular flexibility index (Phi) is 6.73. The summed E-state index contributed by atoms with van der Waals surface area (Å²) in [5.41, 5.74) is 0.336. The van der Waals surface area contributed by atoms with Gasteiger partial charge in [0.1, 0.15) is 0 Å². The third-order valence-corrected chi connectivity index (χ3v) is 5.54. The number of rotatable bonds is 7. The molecule has 2 rings (SSSR count). The van der Waals surface area contributed by atoms with Gasteiger partial charge in [-0.3, -0.25) is 4.79 Å². The Bertz CT molecular complexity index is 663. The van der Waals surface area contributed by atoms with Crippen LogP contribution in [0, 0.1) is 0 Å². The van der Waals surface area contributed by atoms with Crippen LogP contribution in [0.15, 0.2) is 29.2 Å². The van der Waals surface area contributed by atoms with E-state index in [1.165, 1.54) is 19.2 Å². The van der Waals surface area contributed by atoms with Gasteiger partial charge >= 0.3 is 0 Å². The van der Waals surface area contributed by atoms with E-state index in [2.05, 4.69) is 15.4 Å². The van der Waals surface area contributed by atoms with E-state index in [1.807, 2.05) is 6.92 Å². The number of carbonyl (C=O) groups is 1. The number of ether oxygens (including phenoxy) is 1. The van der Waals surface area contributed by atoms with E-state index >= 15 is 0 Å². The third kappa shape index (κ3) is 5.01. The molecule has 2 unspecified atom stereocenters. The van der Waals surface area contributed by atoms with Gasteiger partial charge in [-0.1, -0.05) is 6.07 Å². The first kappa shape index (κ1) is 18.9. The fraction of sp³-hybridized carbons (Fsp3) is 0.562. The molecular weight excluding hydrogens is 330 g/mol. The summed E-state index contributed by atoms with van der Waals surface area (Å²) in [6.07, 6.45) is 1.92. The molecule has 1 amide bonds. The van der Waals surface area contributed by atoms with E-state index in [9.17, 15) is 13.2 Å². The number of sulfonamides is 1. The van der Waals surface area contributed by atoms with Crippen molar-refractivity contribution >= 4 is 15.9 Å². The quantitative estimate of drug-likeness (QED) is 0.618. The number of amides is 1. The van der Waals surface area contributed by atoms with Crippen LogP contribution in [-0.2, 0) is 14.8 Å². The number of benzene rings is 1. The van der Waals surface area contributed by atoms with Crippen molar-refractivity contribution in [3.8, 4) is 0 Å². The Hall–Kier alpha value is -1.48. The highest BCUT2D eigenvalue weighted by molar-refractivity contribution is 7.89. The van der Waals surface area contributed by atoms with Gasteiger partial charge in [0.2, 0.25) is 10.0 Å². The summed E-state index contributed by atoms with van der Waals surface area (Å²) in [7, 11) is -2.15. The number of piperidine rings is 1. The smallest absolute Gasteiger partial charge is 0.251 e. The molecule has 1 saturated heterocycles. The zero-order chi connectivity index (χ0) is 17.6. The highest BCUT2D eigenvalue weighted by Gasteiger charge is 2.23. The lowest BCUT2D eigenvalue weighted by Gasteiger charge is -2.30. The molecule has 2 atom stereocenters. The van der Waals surface area contributed by atoms with Crippen molar-refractivity contribution in [2.24, 2.45) is 0 Å². The Balaban J connectivity index is 2.07.